The summed E-state index contributed by atoms with van der Waals surface area (Å²) in [7, 11) is -3.98. The van der Waals surface area contributed by atoms with Crippen molar-refractivity contribution in [2.24, 2.45) is 0 Å². The van der Waals surface area contributed by atoms with Gasteiger partial charge in [0.2, 0.25) is 0 Å². The van der Waals surface area contributed by atoms with Gasteiger partial charge in [-0.1, -0.05) is 20.8 Å². The molecule has 2 aromatic rings. The second kappa shape index (κ2) is 7.17. The molecule has 0 spiro atoms. The highest BCUT2D eigenvalue weighted by Gasteiger charge is 2.18. The fourth-order valence-corrected chi connectivity index (χ4v) is 3.62. The summed E-state index contributed by atoms with van der Waals surface area (Å²) < 4.78 is 26.2. The van der Waals surface area contributed by atoms with Crippen molar-refractivity contribution in [3.63, 3.8) is 0 Å². The Morgan fingerprint density at radius 2 is 1.92 bits per heavy atom. The summed E-state index contributed by atoms with van der Waals surface area (Å²) >= 11 is 1.44. The summed E-state index contributed by atoms with van der Waals surface area (Å²) in [5.74, 6) is -0.755. The maximum atomic E-state index is 12.1. The van der Waals surface area contributed by atoms with E-state index in [1.807, 2.05) is 31.6 Å². The van der Waals surface area contributed by atoms with E-state index >= 15 is 0 Å². The Kier molecular flexibility index (Phi) is 5.40. The van der Waals surface area contributed by atoms with Crippen molar-refractivity contribution in [3.05, 3.63) is 52.0 Å². The highest BCUT2D eigenvalue weighted by Crippen LogP contribution is 2.27. The number of thiazole rings is 1. The first-order valence-electron chi connectivity index (χ1n) is 7.33. The molecular formula is C17H17N3O3S2. The molecule has 1 aromatic carbocycles. The smallest absolute Gasteiger partial charge is 0.264 e. The number of carbonyl (C=O) groups is 1. The van der Waals surface area contributed by atoms with Crippen LogP contribution in [0.5, 0.6) is 0 Å². The molecule has 1 N–H and O–H groups in total. The van der Waals surface area contributed by atoms with E-state index in [-0.39, 0.29) is 10.3 Å². The second-order valence-electron chi connectivity index (χ2n) is 6.26. The van der Waals surface area contributed by atoms with Crippen molar-refractivity contribution in [3.8, 4) is 6.07 Å². The minimum absolute atomic E-state index is 0.0824. The van der Waals surface area contributed by atoms with Crippen LogP contribution in [0.25, 0.3) is 6.08 Å². The number of carbonyl (C=O) groups excluding carboxylic acids is 1. The number of hydrogen-bond donors (Lipinski definition) is 1. The molecule has 1 aromatic heterocycles. The zero-order valence-electron chi connectivity index (χ0n) is 14.0. The number of rotatable bonds is 4. The van der Waals surface area contributed by atoms with E-state index in [1.54, 1.807) is 6.20 Å². The molecule has 0 unspecified atom stereocenters. The van der Waals surface area contributed by atoms with Crippen LogP contribution in [0.3, 0.4) is 0 Å². The minimum atomic E-state index is -3.98. The number of nitriles is 1. The largest absolute Gasteiger partial charge is 0.269 e. The Labute approximate surface area is 150 Å². The molecule has 130 valence electrons. The van der Waals surface area contributed by atoms with Crippen molar-refractivity contribution < 1.29 is 13.2 Å². The molecule has 1 amide bonds. The van der Waals surface area contributed by atoms with Crippen LogP contribution in [0.15, 0.2) is 41.4 Å². The van der Waals surface area contributed by atoms with Crippen LogP contribution in [0.2, 0.25) is 0 Å². The molecule has 0 aliphatic rings. The van der Waals surface area contributed by atoms with Crippen LogP contribution in [0.1, 0.15) is 36.2 Å². The molecular weight excluding hydrogens is 358 g/mol. The molecule has 6 nitrogen and oxygen atoms in total. The van der Waals surface area contributed by atoms with Crippen molar-refractivity contribution >= 4 is 33.3 Å². The number of nitrogens with one attached hydrogen (secondary N) is 1. The third kappa shape index (κ3) is 4.98. The van der Waals surface area contributed by atoms with Gasteiger partial charge >= 0.3 is 0 Å². The van der Waals surface area contributed by atoms with Crippen molar-refractivity contribution in [1.29, 1.82) is 5.26 Å². The number of sulfonamides is 1. The Balaban J connectivity index is 2.08. The summed E-state index contributed by atoms with van der Waals surface area (Å²) in [4.78, 5) is 16.9. The predicted octanol–water partition coefficient (Wildman–Crippen LogP) is 2.83. The molecule has 0 atom stereocenters. The quantitative estimate of drug-likeness (QED) is 0.828. The van der Waals surface area contributed by atoms with E-state index in [1.165, 1.54) is 41.7 Å². The van der Waals surface area contributed by atoms with Crippen LogP contribution in [0.4, 0.5) is 0 Å². The minimum Gasteiger partial charge on any atom is -0.269 e. The number of hydrogen-bond acceptors (Lipinski definition) is 6. The van der Waals surface area contributed by atoms with E-state index in [2.05, 4.69) is 4.98 Å². The van der Waals surface area contributed by atoms with Gasteiger partial charge in [-0.3, -0.25) is 4.79 Å². The van der Waals surface area contributed by atoms with Gasteiger partial charge in [-0.05, 0) is 30.3 Å². The molecule has 25 heavy (non-hydrogen) atoms. The Morgan fingerprint density at radius 3 is 2.44 bits per heavy atom. The first-order valence-corrected chi connectivity index (χ1v) is 9.63. The Hall–Kier alpha value is -2.50. The van der Waals surface area contributed by atoms with Crippen molar-refractivity contribution in [2.75, 3.05) is 0 Å². The highest BCUT2D eigenvalue weighted by molar-refractivity contribution is 7.90. The molecule has 0 bridgehead atoms. The number of benzene rings is 1. The summed E-state index contributed by atoms with van der Waals surface area (Å²) in [6.07, 6.45) is 4.32. The molecule has 0 fully saturated rings. The average molecular weight is 375 g/mol. The predicted molar refractivity (Wildman–Crippen MR) is 96.3 cm³/mol. The fourth-order valence-electron chi connectivity index (χ4n) is 1.80. The fraction of sp³-hybridized carbons (Fsp3) is 0.235. The molecule has 0 radical (unpaired) electrons. The lowest BCUT2D eigenvalue weighted by Crippen LogP contribution is -2.28. The maximum absolute atomic E-state index is 12.1. The monoisotopic (exact) mass is 375 g/mol. The highest BCUT2D eigenvalue weighted by atomic mass is 32.2. The van der Waals surface area contributed by atoms with Crippen LogP contribution < -0.4 is 4.72 Å². The Bertz CT molecular complexity index is 944. The van der Waals surface area contributed by atoms with Crippen LogP contribution in [0, 0.1) is 11.3 Å². The summed E-state index contributed by atoms with van der Waals surface area (Å²) in [6.45, 7) is 6.11. The van der Waals surface area contributed by atoms with Gasteiger partial charge in [0.05, 0.1) is 21.5 Å². The normalized spacial score (nSPS) is 12.1. The zero-order chi connectivity index (χ0) is 18.7. The number of nitrogens with zero attached hydrogens (tertiary/aromatic N) is 2. The van der Waals surface area contributed by atoms with Gasteiger partial charge < -0.3 is 0 Å². The number of amides is 1. The van der Waals surface area contributed by atoms with Gasteiger partial charge in [-0.2, -0.15) is 5.26 Å². The van der Waals surface area contributed by atoms with Gasteiger partial charge in [0.1, 0.15) is 0 Å². The topological polar surface area (TPSA) is 99.9 Å². The van der Waals surface area contributed by atoms with Crippen molar-refractivity contribution in [2.45, 2.75) is 31.1 Å². The SMILES string of the molecule is CC(C)(C)c1ncc(C=CC(=O)NS(=O)(=O)c2ccc(C#N)cc2)s1. The zero-order valence-corrected chi connectivity index (χ0v) is 15.6. The average Bonchev–Trinajstić information content (AvgIpc) is 3.02. The van der Waals surface area contributed by atoms with Crippen LogP contribution in [-0.4, -0.2) is 19.3 Å². The number of aromatic nitrogens is 1. The van der Waals surface area contributed by atoms with Gasteiger partial charge in [0, 0.05) is 22.6 Å². The lowest BCUT2D eigenvalue weighted by atomic mass is 9.98. The summed E-state index contributed by atoms with van der Waals surface area (Å²) in [6, 6.07) is 7.20. The molecule has 1 heterocycles. The van der Waals surface area contributed by atoms with Gasteiger partial charge in [0.25, 0.3) is 15.9 Å². The molecule has 0 saturated heterocycles. The standard InChI is InChI=1S/C17H17N3O3S2/c1-17(2,3)16-19-11-13(24-16)6-9-15(21)20-25(22,23)14-7-4-12(10-18)5-8-14/h4-9,11H,1-3H3,(H,20,21). The third-order valence-corrected chi connectivity index (χ3v) is 5.84. The summed E-state index contributed by atoms with van der Waals surface area (Å²) in [5, 5.41) is 9.65. The van der Waals surface area contributed by atoms with Gasteiger partial charge in [-0.25, -0.2) is 18.1 Å². The van der Waals surface area contributed by atoms with E-state index < -0.39 is 15.9 Å². The van der Waals surface area contributed by atoms with Crippen molar-refractivity contribution in [1.82, 2.24) is 9.71 Å². The molecule has 2 rings (SSSR count). The summed E-state index contributed by atoms with van der Waals surface area (Å²) in [5.41, 5.74) is 0.253. The van der Waals surface area contributed by atoms with E-state index in [9.17, 15) is 13.2 Å². The molecule has 0 aliphatic carbocycles. The van der Waals surface area contributed by atoms with Gasteiger partial charge in [0.15, 0.2) is 0 Å². The second-order valence-corrected chi connectivity index (χ2v) is 9.00. The van der Waals surface area contributed by atoms with Crippen LogP contribution in [-0.2, 0) is 20.2 Å². The van der Waals surface area contributed by atoms with Crippen LogP contribution >= 0.6 is 11.3 Å². The van der Waals surface area contributed by atoms with E-state index in [4.69, 9.17) is 5.26 Å². The molecule has 0 saturated carbocycles. The first kappa shape index (κ1) is 18.8. The van der Waals surface area contributed by atoms with E-state index in [0.29, 0.717) is 5.56 Å². The molecule has 0 aliphatic heterocycles. The third-order valence-electron chi connectivity index (χ3n) is 3.09. The Morgan fingerprint density at radius 1 is 1.28 bits per heavy atom. The molecule has 8 heteroatoms. The lowest BCUT2D eigenvalue weighted by Gasteiger charge is -2.13. The van der Waals surface area contributed by atoms with E-state index in [0.717, 1.165) is 16.0 Å². The first-order chi connectivity index (χ1) is 11.6. The maximum Gasteiger partial charge on any atom is 0.264 e. The van der Waals surface area contributed by atoms with Gasteiger partial charge in [-0.15, -0.1) is 11.3 Å². The lowest BCUT2D eigenvalue weighted by molar-refractivity contribution is -0.114.